The van der Waals surface area contributed by atoms with E-state index in [9.17, 15) is 0 Å². The highest BCUT2D eigenvalue weighted by Crippen LogP contribution is 2.29. The SMILES string of the molecule is CCc1nc(Br)cc(Nc2ccc(Br)c(OC)c2)n1. The first-order chi connectivity index (χ1) is 9.12. The molecule has 19 heavy (non-hydrogen) atoms. The summed E-state index contributed by atoms with van der Waals surface area (Å²) >= 11 is 6.81. The van der Waals surface area contributed by atoms with E-state index in [4.69, 9.17) is 4.74 Å². The highest BCUT2D eigenvalue weighted by Gasteiger charge is 2.05. The molecule has 4 nitrogen and oxygen atoms in total. The van der Waals surface area contributed by atoms with Crippen LogP contribution in [0.1, 0.15) is 12.7 Å². The lowest BCUT2D eigenvalue weighted by Gasteiger charge is -2.10. The van der Waals surface area contributed by atoms with Gasteiger partial charge in [-0.25, -0.2) is 9.97 Å². The molecule has 0 amide bonds. The highest BCUT2D eigenvalue weighted by molar-refractivity contribution is 9.10. The lowest BCUT2D eigenvalue weighted by atomic mass is 10.3. The second kappa shape index (κ2) is 6.34. The van der Waals surface area contributed by atoms with E-state index in [-0.39, 0.29) is 0 Å². The Labute approximate surface area is 128 Å². The normalized spacial score (nSPS) is 10.3. The summed E-state index contributed by atoms with van der Waals surface area (Å²) in [7, 11) is 1.64. The van der Waals surface area contributed by atoms with E-state index in [1.807, 2.05) is 31.2 Å². The fraction of sp³-hybridized carbons (Fsp3) is 0.231. The van der Waals surface area contributed by atoms with Crippen LogP contribution in [-0.4, -0.2) is 17.1 Å². The van der Waals surface area contributed by atoms with Crippen LogP contribution in [0, 0.1) is 0 Å². The van der Waals surface area contributed by atoms with Crippen molar-refractivity contribution in [3.63, 3.8) is 0 Å². The highest BCUT2D eigenvalue weighted by atomic mass is 79.9. The van der Waals surface area contributed by atoms with Gasteiger partial charge < -0.3 is 10.1 Å². The van der Waals surface area contributed by atoms with E-state index in [0.717, 1.165) is 38.6 Å². The molecule has 0 aliphatic rings. The molecule has 2 aromatic rings. The molecule has 1 N–H and O–H groups in total. The van der Waals surface area contributed by atoms with Gasteiger partial charge in [-0.3, -0.25) is 0 Å². The topological polar surface area (TPSA) is 47.0 Å². The quantitative estimate of drug-likeness (QED) is 0.795. The number of hydrogen-bond acceptors (Lipinski definition) is 4. The van der Waals surface area contributed by atoms with Crippen molar-refractivity contribution >= 4 is 43.4 Å². The summed E-state index contributed by atoms with van der Waals surface area (Å²) in [5.41, 5.74) is 0.910. The number of nitrogens with zero attached hydrogens (tertiary/aromatic N) is 2. The zero-order chi connectivity index (χ0) is 13.8. The zero-order valence-corrected chi connectivity index (χ0v) is 13.7. The molecule has 100 valence electrons. The van der Waals surface area contributed by atoms with Crippen LogP contribution in [0.2, 0.25) is 0 Å². The summed E-state index contributed by atoms with van der Waals surface area (Å²) in [6, 6.07) is 7.63. The van der Waals surface area contributed by atoms with Gasteiger partial charge in [0.2, 0.25) is 0 Å². The van der Waals surface area contributed by atoms with Gasteiger partial charge in [0.05, 0.1) is 11.6 Å². The Balaban J connectivity index is 2.28. The molecular weight excluding hydrogens is 374 g/mol. The van der Waals surface area contributed by atoms with Crippen LogP contribution in [0.5, 0.6) is 5.75 Å². The number of methoxy groups -OCH3 is 1. The number of benzene rings is 1. The number of aryl methyl sites for hydroxylation is 1. The molecule has 0 fully saturated rings. The minimum atomic E-state index is 0.753. The molecule has 0 saturated heterocycles. The predicted molar refractivity (Wildman–Crippen MR) is 83.1 cm³/mol. The van der Waals surface area contributed by atoms with Gasteiger partial charge in [-0.15, -0.1) is 0 Å². The monoisotopic (exact) mass is 385 g/mol. The molecule has 1 aromatic carbocycles. The van der Waals surface area contributed by atoms with Gasteiger partial charge in [0, 0.05) is 24.2 Å². The molecule has 0 radical (unpaired) electrons. The summed E-state index contributed by atoms with van der Waals surface area (Å²) < 4.78 is 6.95. The van der Waals surface area contributed by atoms with Crippen molar-refractivity contribution in [2.24, 2.45) is 0 Å². The van der Waals surface area contributed by atoms with E-state index >= 15 is 0 Å². The number of hydrogen-bond donors (Lipinski definition) is 1. The Morgan fingerprint density at radius 2 is 2.00 bits per heavy atom. The molecule has 0 spiro atoms. The van der Waals surface area contributed by atoms with Crippen molar-refractivity contribution < 1.29 is 4.74 Å². The molecular formula is C13H13Br2N3O. The van der Waals surface area contributed by atoms with Gasteiger partial charge in [-0.05, 0) is 44.0 Å². The average Bonchev–Trinajstić information content (AvgIpc) is 2.40. The summed E-state index contributed by atoms with van der Waals surface area (Å²) in [6.07, 6.45) is 0.789. The van der Waals surface area contributed by atoms with Gasteiger partial charge in [0.15, 0.2) is 0 Å². The maximum Gasteiger partial charge on any atom is 0.135 e. The van der Waals surface area contributed by atoms with Gasteiger partial charge in [0.25, 0.3) is 0 Å². The van der Waals surface area contributed by atoms with Crippen LogP contribution < -0.4 is 10.1 Å². The van der Waals surface area contributed by atoms with Crippen molar-refractivity contribution in [3.8, 4) is 5.75 Å². The number of halogens is 2. The number of aromatic nitrogens is 2. The second-order valence-electron chi connectivity index (χ2n) is 3.82. The van der Waals surface area contributed by atoms with Crippen LogP contribution in [0.25, 0.3) is 0 Å². The van der Waals surface area contributed by atoms with Crippen molar-refractivity contribution in [2.45, 2.75) is 13.3 Å². The Hall–Kier alpha value is -1.14. The molecule has 1 heterocycles. The molecule has 0 bridgehead atoms. The minimum absolute atomic E-state index is 0.753. The Bertz CT molecular complexity index is 590. The van der Waals surface area contributed by atoms with Crippen LogP contribution >= 0.6 is 31.9 Å². The summed E-state index contributed by atoms with van der Waals surface area (Å²) in [6.45, 7) is 2.02. The van der Waals surface area contributed by atoms with Gasteiger partial charge in [-0.2, -0.15) is 0 Å². The lowest BCUT2D eigenvalue weighted by Crippen LogP contribution is -2.00. The standard InChI is InChI=1S/C13H13Br2N3O/c1-3-12-17-11(15)7-13(18-12)16-8-4-5-9(14)10(6-8)19-2/h4-7H,3H2,1-2H3,(H,16,17,18). The van der Waals surface area contributed by atoms with Gasteiger partial charge in [0.1, 0.15) is 22.0 Å². The molecule has 0 saturated carbocycles. The third kappa shape index (κ3) is 3.67. The van der Waals surface area contributed by atoms with Gasteiger partial charge in [-0.1, -0.05) is 6.92 Å². The number of anilines is 2. The first-order valence-electron chi connectivity index (χ1n) is 5.76. The second-order valence-corrected chi connectivity index (χ2v) is 5.49. The summed E-state index contributed by atoms with van der Waals surface area (Å²) in [5, 5.41) is 3.24. The molecule has 1 aromatic heterocycles. The third-order valence-corrected chi connectivity index (χ3v) is 3.54. The molecule has 0 unspecified atom stereocenters. The largest absolute Gasteiger partial charge is 0.495 e. The van der Waals surface area contributed by atoms with Crippen molar-refractivity contribution in [1.82, 2.24) is 9.97 Å². The lowest BCUT2D eigenvalue weighted by molar-refractivity contribution is 0.412. The maximum absolute atomic E-state index is 5.26. The first-order valence-corrected chi connectivity index (χ1v) is 7.35. The first kappa shape index (κ1) is 14.3. The van der Waals surface area contributed by atoms with Crippen molar-refractivity contribution in [3.05, 3.63) is 39.2 Å². The number of nitrogens with one attached hydrogen (secondary N) is 1. The van der Waals surface area contributed by atoms with E-state index in [2.05, 4.69) is 47.1 Å². The van der Waals surface area contributed by atoms with E-state index in [1.165, 1.54) is 0 Å². The Morgan fingerprint density at radius 3 is 2.68 bits per heavy atom. The molecule has 6 heteroatoms. The molecule has 0 aliphatic heterocycles. The van der Waals surface area contributed by atoms with Crippen LogP contribution in [0.4, 0.5) is 11.5 Å². The van der Waals surface area contributed by atoms with Crippen molar-refractivity contribution in [2.75, 3.05) is 12.4 Å². The van der Waals surface area contributed by atoms with Crippen LogP contribution in [-0.2, 0) is 6.42 Å². The van der Waals surface area contributed by atoms with E-state index in [0.29, 0.717) is 0 Å². The molecule has 0 aliphatic carbocycles. The third-order valence-electron chi connectivity index (χ3n) is 2.48. The molecule has 0 atom stereocenters. The fourth-order valence-corrected chi connectivity index (χ4v) is 2.40. The van der Waals surface area contributed by atoms with Crippen LogP contribution in [0.3, 0.4) is 0 Å². The zero-order valence-electron chi connectivity index (χ0n) is 10.6. The minimum Gasteiger partial charge on any atom is -0.495 e. The van der Waals surface area contributed by atoms with Crippen LogP contribution in [0.15, 0.2) is 33.3 Å². The fourth-order valence-electron chi connectivity index (χ4n) is 1.57. The summed E-state index contributed by atoms with van der Waals surface area (Å²) in [5.74, 6) is 2.32. The van der Waals surface area contributed by atoms with Crippen molar-refractivity contribution in [1.29, 1.82) is 0 Å². The predicted octanol–water partition coefficient (Wildman–Crippen LogP) is 4.32. The Kier molecular flexibility index (Phi) is 4.76. The van der Waals surface area contributed by atoms with E-state index in [1.54, 1.807) is 7.11 Å². The average molecular weight is 387 g/mol. The molecule has 2 rings (SSSR count). The number of ether oxygens (including phenoxy) is 1. The Morgan fingerprint density at radius 1 is 1.21 bits per heavy atom. The maximum atomic E-state index is 5.26. The smallest absolute Gasteiger partial charge is 0.135 e. The number of rotatable bonds is 4. The van der Waals surface area contributed by atoms with Gasteiger partial charge >= 0.3 is 0 Å². The van der Waals surface area contributed by atoms with E-state index < -0.39 is 0 Å². The summed E-state index contributed by atoms with van der Waals surface area (Å²) in [4.78, 5) is 8.70.